The molecule has 1 rings (SSSR count). The second-order valence-corrected chi connectivity index (χ2v) is 8.35. The first-order valence-corrected chi connectivity index (χ1v) is 10.9. The molecule has 0 spiro atoms. The molecule has 0 aliphatic carbocycles. The molecule has 0 aromatic heterocycles. The molecule has 4 atom stereocenters. The number of phenols is 1. The van der Waals surface area contributed by atoms with Crippen LogP contribution in [0.4, 0.5) is 0 Å². The van der Waals surface area contributed by atoms with Crippen LogP contribution < -0.4 is 27.4 Å². The minimum absolute atomic E-state index is 0.0150. The van der Waals surface area contributed by atoms with Crippen LogP contribution in [0, 0.1) is 5.92 Å². The summed E-state index contributed by atoms with van der Waals surface area (Å²) in [5.74, 6) is -4.90. The van der Waals surface area contributed by atoms with Gasteiger partial charge in [0, 0.05) is 12.8 Å². The van der Waals surface area contributed by atoms with E-state index in [0.717, 1.165) is 0 Å². The molecule has 0 heterocycles. The van der Waals surface area contributed by atoms with Crippen LogP contribution in [0.15, 0.2) is 24.3 Å². The van der Waals surface area contributed by atoms with E-state index in [9.17, 15) is 39.3 Å². The number of nitrogens with one attached hydrogen (secondary N) is 3. The Hall–Kier alpha value is -3.71. The monoisotopic (exact) mass is 495 g/mol. The van der Waals surface area contributed by atoms with Crippen LogP contribution in [-0.4, -0.2) is 75.7 Å². The van der Waals surface area contributed by atoms with Gasteiger partial charge in [-0.1, -0.05) is 26.0 Å². The predicted octanol–water partition coefficient (Wildman–Crippen LogP) is -2.29. The SMILES string of the molecule is CC(C)C(N)C(=O)NC(CO)C(=O)NC(CCC(N)=O)C(=O)NC(Cc1ccc(O)cc1)C(=O)O. The first-order chi connectivity index (χ1) is 16.3. The third-order valence-corrected chi connectivity index (χ3v) is 5.14. The molecule has 0 aliphatic heterocycles. The van der Waals surface area contributed by atoms with Gasteiger partial charge in [0.1, 0.15) is 23.9 Å². The van der Waals surface area contributed by atoms with Crippen LogP contribution in [0.25, 0.3) is 0 Å². The number of aliphatic carboxylic acids is 1. The van der Waals surface area contributed by atoms with Gasteiger partial charge in [-0.25, -0.2) is 4.79 Å². The van der Waals surface area contributed by atoms with Gasteiger partial charge in [-0.15, -0.1) is 0 Å². The van der Waals surface area contributed by atoms with E-state index >= 15 is 0 Å². The molecule has 0 radical (unpaired) electrons. The summed E-state index contributed by atoms with van der Waals surface area (Å²) >= 11 is 0. The lowest BCUT2D eigenvalue weighted by Crippen LogP contribution is -2.58. The van der Waals surface area contributed by atoms with Crippen molar-refractivity contribution in [3.63, 3.8) is 0 Å². The zero-order valence-corrected chi connectivity index (χ0v) is 19.6. The number of aromatic hydroxyl groups is 1. The fourth-order valence-corrected chi connectivity index (χ4v) is 2.93. The summed E-state index contributed by atoms with van der Waals surface area (Å²) in [6.07, 6.45) is -0.682. The number of hydrogen-bond donors (Lipinski definition) is 8. The first kappa shape index (κ1) is 29.3. The van der Waals surface area contributed by atoms with Gasteiger partial charge in [0.2, 0.25) is 23.6 Å². The summed E-state index contributed by atoms with van der Waals surface area (Å²) in [6.45, 7) is 2.59. The van der Waals surface area contributed by atoms with E-state index in [1.807, 2.05) is 0 Å². The second kappa shape index (κ2) is 13.9. The Kier molecular flexibility index (Phi) is 11.6. The van der Waals surface area contributed by atoms with Gasteiger partial charge in [0.15, 0.2) is 0 Å². The Morgan fingerprint density at radius 2 is 1.40 bits per heavy atom. The zero-order chi connectivity index (χ0) is 26.7. The summed E-state index contributed by atoms with van der Waals surface area (Å²) in [5, 5.41) is 35.3. The Morgan fingerprint density at radius 1 is 0.886 bits per heavy atom. The van der Waals surface area contributed by atoms with Crippen molar-refractivity contribution in [2.45, 2.75) is 57.3 Å². The van der Waals surface area contributed by atoms with Gasteiger partial charge in [0.25, 0.3) is 0 Å². The minimum atomic E-state index is -1.44. The highest BCUT2D eigenvalue weighted by Crippen LogP contribution is 2.12. The van der Waals surface area contributed by atoms with Gasteiger partial charge in [-0.05, 0) is 30.0 Å². The van der Waals surface area contributed by atoms with Crippen molar-refractivity contribution in [2.24, 2.45) is 17.4 Å². The van der Waals surface area contributed by atoms with E-state index in [1.54, 1.807) is 13.8 Å². The number of primary amides is 1. The van der Waals surface area contributed by atoms with Crippen LogP contribution >= 0.6 is 0 Å². The van der Waals surface area contributed by atoms with Crippen molar-refractivity contribution in [3.8, 4) is 5.75 Å². The van der Waals surface area contributed by atoms with Crippen molar-refractivity contribution >= 4 is 29.6 Å². The molecule has 1 aromatic rings. The van der Waals surface area contributed by atoms with Crippen molar-refractivity contribution < 1.29 is 39.3 Å². The molecule has 0 saturated heterocycles. The second-order valence-electron chi connectivity index (χ2n) is 8.35. The largest absolute Gasteiger partial charge is 0.508 e. The molecule has 13 heteroatoms. The fraction of sp³-hybridized carbons (Fsp3) is 0.500. The zero-order valence-electron chi connectivity index (χ0n) is 19.6. The van der Waals surface area contributed by atoms with E-state index in [-0.39, 0.29) is 30.9 Å². The number of nitrogens with two attached hydrogens (primary N) is 2. The molecule has 13 nitrogen and oxygen atoms in total. The number of carbonyl (C=O) groups is 5. The van der Waals surface area contributed by atoms with Gasteiger partial charge >= 0.3 is 5.97 Å². The summed E-state index contributed by atoms with van der Waals surface area (Å²) in [4.78, 5) is 60.6. The van der Waals surface area contributed by atoms with Crippen LogP contribution in [0.2, 0.25) is 0 Å². The van der Waals surface area contributed by atoms with Gasteiger partial charge < -0.3 is 42.7 Å². The van der Waals surface area contributed by atoms with Crippen LogP contribution in [0.3, 0.4) is 0 Å². The maximum Gasteiger partial charge on any atom is 0.326 e. The van der Waals surface area contributed by atoms with Gasteiger partial charge in [-0.2, -0.15) is 0 Å². The molecule has 1 aromatic carbocycles. The average Bonchev–Trinajstić information content (AvgIpc) is 2.79. The molecule has 0 saturated carbocycles. The molecule has 0 bridgehead atoms. The Bertz CT molecular complexity index is 906. The maximum absolute atomic E-state index is 12.8. The van der Waals surface area contributed by atoms with Crippen molar-refractivity contribution in [3.05, 3.63) is 29.8 Å². The van der Waals surface area contributed by atoms with Crippen molar-refractivity contribution in [1.82, 2.24) is 16.0 Å². The van der Waals surface area contributed by atoms with E-state index in [4.69, 9.17) is 11.5 Å². The lowest BCUT2D eigenvalue weighted by atomic mass is 10.0. The number of carboxylic acid groups (broad SMARTS) is 1. The third kappa shape index (κ3) is 9.98. The standard InChI is InChI=1S/C22H33N5O8/c1-11(2)18(24)21(33)27-16(10-28)20(32)25-14(7-8-17(23)30)19(31)26-15(22(34)35)9-12-3-5-13(29)6-4-12/h3-6,11,14-16,18,28-29H,7-10,24H2,1-2H3,(H2,23,30)(H,25,32)(H,26,31)(H,27,33)(H,34,35). The van der Waals surface area contributed by atoms with Crippen molar-refractivity contribution in [2.75, 3.05) is 6.61 Å². The molecule has 4 amide bonds. The number of amides is 4. The Balaban J connectivity index is 2.96. The quantitative estimate of drug-likeness (QED) is 0.138. The van der Waals surface area contributed by atoms with Crippen LogP contribution in [0.1, 0.15) is 32.3 Å². The molecular weight excluding hydrogens is 462 g/mol. The molecular formula is C22H33N5O8. The van der Waals surface area contributed by atoms with E-state index in [2.05, 4.69) is 16.0 Å². The highest BCUT2D eigenvalue weighted by atomic mass is 16.4. The Labute approximate surface area is 202 Å². The number of aliphatic hydroxyl groups is 1. The summed E-state index contributed by atoms with van der Waals surface area (Å²) in [6, 6.07) is 0.533. The number of phenolic OH excluding ortho intramolecular Hbond substituents is 1. The van der Waals surface area contributed by atoms with E-state index < -0.39 is 60.4 Å². The summed E-state index contributed by atoms with van der Waals surface area (Å²) in [7, 11) is 0. The van der Waals surface area contributed by atoms with Gasteiger partial charge in [0.05, 0.1) is 12.6 Å². The Morgan fingerprint density at radius 3 is 1.89 bits per heavy atom. The fourth-order valence-electron chi connectivity index (χ4n) is 2.93. The molecule has 10 N–H and O–H groups in total. The molecule has 4 unspecified atom stereocenters. The molecule has 0 aliphatic rings. The summed E-state index contributed by atoms with van der Waals surface area (Å²) < 4.78 is 0. The van der Waals surface area contributed by atoms with Crippen LogP contribution in [-0.2, 0) is 30.4 Å². The molecule has 0 fully saturated rings. The molecule has 35 heavy (non-hydrogen) atoms. The lowest BCUT2D eigenvalue weighted by Gasteiger charge is -2.25. The number of hydrogen-bond acceptors (Lipinski definition) is 8. The number of carboxylic acids is 1. The van der Waals surface area contributed by atoms with Crippen molar-refractivity contribution in [1.29, 1.82) is 0 Å². The number of aliphatic hydroxyl groups excluding tert-OH is 1. The first-order valence-electron chi connectivity index (χ1n) is 10.9. The maximum atomic E-state index is 12.8. The minimum Gasteiger partial charge on any atom is -0.508 e. The van der Waals surface area contributed by atoms with Gasteiger partial charge in [-0.3, -0.25) is 19.2 Å². The molecule has 194 valence electrons. The van der Waals surface area contributed by atoms with E-state index in [1.165, 1.54) is 24.3 Å². The third-order valence-electron chi connectivity index (χ3n) is 5.14. The lowest BCUT2D eigenvalue weighted by molar-refractivity contribution is -0.142. The normalized spacial score (nSPS) is 14.3. The number of rotatable bonds is 14. The summed E-state index contributed by atoms with van der Waals surface area (Å²) in [5.41, 5.74) is 11.4. The predicted molar refractivity (Wildman–Crippen MR) is 124 cm³/mol. The highest BCUT2D eigenvalue weighted by Gasteiger charge is 2.30. The average molecular weight is 496 g/mol. The smallest absolute Gasteiger partial charge is 0.326 e. The topological polar surface area (TPSA) is 234 Å². The van der Waals surface area contributed by atoms with E-state index in [0.29, 0.717) is 5.56 Å². The number of carbonyl (C=O) groups excluding carboxylic acids is 4. The highest BCUT2D eigenvalue weighted by molar-refractivity contribution is 5.94. The number of benzene rings is 1. The van der Waals surface area contributed by atoms with Crippen LogP contribution in [0.5, 0.6) is 5.75 Å².